The normalized spacial score (nSPS) is 10.4. The van der Waals surface area contributed by atoms with E-state index in [4.69, 9.17) is 5.73 Å². The number of amides is 2. The SMILES string of the molecule is NC(=O)c1ccccc1NC(=O)c1ccnc2ccccc12. The Kier molecular flexibility index (Phi) is 3.53. The standard InChI is InChI=1S/C17H13N3O2/c18-16(21)13-6-2-4-8-15(13)20-17(22)12-9-10-19-14-7-3-1-5-11(12)14/h1-10H,(H2,18,21)(H,20,22). The molecule has 0 fully saturated rings. The topological polar surface area (TPSA) is 85.1 Å². The summed E-state index contributed by atoms with van der Waals surface area (Å²) in [7, 11) is 0. The molecule has 0 saturated carbocycles. The summed E-state index contributed by atoms with van der Waals surface area (Å²) in [5, 5.41) is 3.48. The second-order valence-corrected chi connectivity index (χ2v) is 4.74. The Balaban J connectivity index is 2.00. The number of nitrogens with zero attached hydrogens (tertiary/aromatic N) is 1. The zero-order valence-electron chi connectivity index (χ0n) is 11.6. The maximum atomic E-state index is 12.5. The van der Waals surface area contributed by atoms with Gasteiger partial charge in [-0.15, -0.1) is 0 Å². The van der Waals surface area contributed by atoms with Crippen LogP contribution in [0.3, 0.4) is 0 Å². The number of pyridine rings is 1. The molecule has 22 heavy (non-hydrogen) atoms. The molecule has 0 unspecified atom stereocenters. The molecule has 5 nitrogen and oxygen atoms in total. The Labute approximate surface area is 126 Å². The smallest absolute Gasteiger partial charge is 0.256 e. The van der Waals surface area contributed by atoms with Crippen molar-refractivity contribution in [2.75, 3.05) is 5.32 Å². The number of hydrogen-bond acceptors (Lipinski definition) is 3. The number of hydrogen-bond donors (Lipinski definition) is 2. The molecule has 5 heteroatoms. The second kappa shape index (κ2) is 5.65. The minimum Gasteiger partial charge on any atom is -0.366 e. The van der Waals surface area contributed by atoms with E-state index in [0.717, 1.165) is 10.9 Å². The van der Waals surface area contributed by atoms with E-state index < -0.39 is 5.91 Å². The molecule has 1 heterocycles. The monoisotopic (exact) mass is 291 g/mol. The Hall–Kier alpha value is -3.21. The number of para-hydroxylation sites is 2. The van der Waals surface area contributed by atoms with E-state index >= 15 is 0 Å². The van der Waals surface area contributed by atoms with Crippen LogP contribution in [-0.4, -0.2) is 16.8 Å². The van der Waals surface area contributed by atoms with Gasteiger partial charge in [0, 0.05) is 11.6 Å². The third kappa shape index (κ3) is 2.52. The van der Waals surface area contributed by atoms with Gasteiger partial charge < -0.3 is 11.1 Å². The molecular weight excluding hydrogens is 278 g/mol. The van der Waals surface area contributed by atoms with Crippen LogP contribution in [-0.2, 0) is 0 Å². The van der Waals surface area contributed by atoms with Crippen molar-refractivity contribution >= 4 is 28.4 Å². The van der Waals surface area contributed by atoms with Gasteiger partial charge in [-0.05, 0) is 24.3 Å². The van der Waals surface area contributed by atoms with E-state index in [9.17, 15) is 9.59 Å². The third-order valence-corrected chi connectivity index (χ3v) is 3.33. The summed E-state index contributed by atoms with van der Waals surface area (Å²) < 4.78 is 0. The number of nitrogens with two attached hydrogens (primary N) is 1. The lowest BCUT2D eigenvalue weighted by Gasteiger charge is -2.10. The highest BCUT2D eigenvalue weighted by molar-refractivity contribution is 6.14. The summed E-state index contributed by atoms with van der Waals surface area (Å²) in [5.74, 6) is -0.900. The number of primary amides is 1. The van der Waals surface area contributed by atoms with Gasteiger partial charge >= 0.3 is 0 Å². The minimum atomic E-state index is -0.588. The average molecular weight is 291 g/mol. The van der Waals surface area contributed by atoms with Gasteiger partial charge in [-0.2, -0.15) is 0 Å². The van der Waals surface area contributed by atoms with Crippen molar-refractivity contribution in [2.24, 2.45) is 5.73 Å². The largest absolute Gasteiger partial charge is 0.366 e. The molecule has 0 spiro atoms. The fourth-order valence-corrected chi connectivity index (χ4v) is 2.29. The number of carbonyl (C=O) groups is 2. The Bertz CT molecular complexity index is 869. The highest BCUT2D eigenvalue weighted by atomic mass is 16.2. The van der Waals surface area contributed by atoms with Crippen molar-refractivity contribution < 1.29 is 9.59 Å². The first kappa shape index (κ1) is 13.8. The van der Waals surface area contributed by atoms with E-state index in [1.54, 1.807) is 36.5 Å². The lowest BCUT2D eigenvalue weighted by molar-refractivity contribution is 0.100. The quantitative estimate of drug-likeness (QED) is 0.777. The summed E-state index contributed by atoms with van der Waals surface area (Å²) in [5.41, 5.74) is 7.21. The van der Waals surface area contributed by atoms with Gasteiger partial charge in [0.25, 0.3) is 11.8 Å². The van der Waals surface area contributed by atoms with Gasteiger partial charge in [-0.3, -0.25) is 14.6 Å². The first-order chi connectivity index (χ1) is 10.7. The fraction of sp³-hybridized carbons (Fsp3) is 0. The Morgan fingerprint density at radius 2 is 1.64 bits per heavy atom. The number of carbonyl (C=O) groups excluding carboxylic acids is 2. The van der Waals surface area contributed by atoms with Gasteiger partial charge in [-0.1, -0.05) is 30.3 Å². The highest BCUT2D eigenvalue weighted by Crippen LogP contribution is 2.19. The first-order valence-corrected chi connectivity index (χ1v) is 6.71. The van der Waals surface area contributed by atoms with E-state index in [1.165, 1.54) is 0 Å². The zero-order valence-corrected chi connectivity index (χ0v) is 11.6. The number of benzene rings is 2. The van der Waals surface area contributed by atoms with Crippen LogP contribution in [0.2, 0.25) is 0 Å². The lowest BCUT2D eigenvalue weighted by Crippen LogP contribution is -2.18. The number of fused-ring (bicyclic) bond motifs is 1. The summed E-state index contributed by atoms with van der Waals surface area (Å²) in [6.07, 6.45) is 1.58. The van der Waals surface area contributed by atoms with Gasteiger partial charge in [0.15, 0.2) is 0 Å². The summed E-state index contributed by atoms with van der Waals surface area (Å²) >= 11 is 0. The van der Waals surface area contributed by atoms with Crippen LogP contribution in [0.15, 0.2) is 60.8 Å². The summed E-state index contributed by atoms with van der Waals surface area (Å²) in [6, 6.07) is 15.6. The van der Waals surface area contributed by atoms with Crippen molar-refractivity contribution in [3.8, 4) is 0 Å². The van der Waals surface area contributed by atoms with Crippen molar-refractivity contribution in [2.45, 2.75) is 0 Å². The molecule has 0 saturated heterocycles. The molecule has 3 aromatic rings. The molecule has 2 aromatic carbocycles. The molecule has 0 aliphatic heterocycles. The van der Waals surface area contributed by atoms with Crippen molar-refractivity contribution in [1.82, 2.24) is 4.98 Å². The Morgan fingerprint density at radius 3 is 2.45 bits per heavy atom. The summed E-state index contributed by atoms with van der Waals surface area (Å²) in [4.78, 5) is 28.1. The molecule has 0 aliphatic carbocycles. The molecule has 3 N–H and O–H groups in total. The summed E-state index contributed by atoms with van der Waals surface area (Å²) in [6.45, 7) is 0. The predicted octanol–water partition coefficient (Wildman–Crippen LogP) is 2.59. The van der Waals surface area contributed by atoms with Crippen LogP contribution >= 0.6 is 0 Å². The zero-order chi connectivity index (χ0) is 15.5. The van der Waals surface area contributed by atoms with Crippen LogP contribution in [0, 0.1) is 0 Å². The molecule has 0 aliphatic rings. The van der Waals surface area contributed by atoms with Crippen LogP contribution in [0.4, 0.5) is 5.69 Å². The Morgan fingerprint density at radius 1 is 0.909 bits per heavy atom. The van der Waals surface area contributed by atoms with Gasteiger partial charge in [0.05, 0.1) is 22.3 Å². The second-order valence-electron chi connectivity index (χ2n) is 4.74. The molecule has 0 radical (unpaired) electrons. The minimum absolute atomic E-state index is 0.272. The molecule has 0 bridgehead atoms. The van der Waals surface area contributed by atoms with Crippen LogP contribution in [0.25, 0.3) is 10.9 Å². The molecule has 3 rings (SSSR count). The fourth-order valence-electron chi connectivity index (χ4n) is 2.29. The third-order valence-electron chi connectivity index (χ3n) is 3.33. The number of nitrogens with one attached hydrogen (secondary N) is 1. The number of rotatable bonds is 3. The van der Waals surface area contributed by atoms with Crippen LogP contribution in [0.5, 0.6) is 0 Å². The maximum absolute atomic E-state index is 12.5. The number of aromatic nitrogens is 1. The highest BCUT2D eigenvalue weighted by Gasteiger charge is 2.14. The lowest BCUT2D eigenvalue weighted by atomic mass is 10.1. The van der Waals surface area contributed by atoms with Gasteiger partial charge in [0.2, 0.25) is 0 Å². The molecule has 0 atom stereocenters. The van der Waals surface area contributed by atoms with Crippen LogP contribution in [0.1, 0.15) is 20.7 Å². The van der Waals surface area contributed by atoms with E-state index in [2.05, 4.69) is 10.3 Å². The van der Waals surface area contributed by atoms with Gasteiger partial charge in [-0.25, -0.2) is 0 Å². The van der Waals surface area contributed by atoms with Crippen LogP contribution < -0.4 is 11.1 Å². The van der Waals surface area contributed by atoms with Crippen molar-refractivity contribution in [3.05, 3.63) is 71.9 Å². The molecule has 2 amide bonds. The first-order valence-electron chi connectivity index (χ1n) is 6.71. The number of anilines is 1. The molecular formula is C17H13N3O2. The maximum Gasteiger partial charge on any atom is 0.256 e. The van der Waals surface area contributed by atoms with Crippen molar-refractivity contribution in [3.63, 3.8) is 0 Å². The van der Waals surface area contributed by atoms with E-state index in [-0.39, 0.29) is 11.5 Å². The van der Waals surface area contributed by atoms with Gasteiger partial charge in [0.1, 0.15) is 0 Å². The average Bonchev–Trinajstić information content (AvgIpc) is 2.54. The van der Waals surface area contributed by atoms with E-state index in [0.29, 0.717) is 11.3 Å². The molecule has 108 valence electrons. The van der Waals surface area contributed by atoms with Crippen molar-refractivity contribution in [1.29, 1.82) is 0 Å². The molecule has 1 aromatic heterocycles. The predicted molar refractivity (Wildman–Crippen MR) is 84.7 cm³/mol. The van der Waals surface area contributed by atoms with E-state index in [1.807, 2.05) is 24.3 Å².